The Bertz CT molecular complexity index is 716. The monoisotopic (exact) mass is 356 g/mol. The van der Waals surface area contributed by atoms with E-state index in [0.717, 1.165) is 38.2 Å². The molecule has 1 fully saturated rings. The van der Waals surface area contributed by atoms with Crippen molar-refractivity contribution in [3.8, 4) is 6.07 Å². The van der Waals surface area contributed by atoms with Crippen LogP contribution in [-0.4, -0.2) is 31.7 Å². The molecule has 6 heteroatoms. The fraction of sp³-hybridized carbons (Fsp3) is 0.368. The van der Waals surface area contributed by atoms with Crippen LogP contribution in [0, 0.1) is 11.3 Å². The molecule has 2 aromatic rings. The molecular weight excluding hydrogens is 334 g/mol. The normalized spacial score (nSPS) is 17.8. The predicted octanol–water partition coefficient (Wildman–Crippen LogP) is 1.82. The van der Waals surface area contributed by atoms with E-state index in [9.17, 15) is 4.79 Å². The third-order valence-electron chi connectivity index (χ3n) is 4.25. The van der Waals surface area contributed by atoms with Gasteiger partial charge in [0.25, 0.3) is 5.91 Å². The van der Waals surface area contributed by atoms with Crippen molar-refractivity contribution >= 4 is 22.9 Å². The van der Waals surface area contributed by atoms with E-state index in [1.807, 2.05) is 6.07 Å². The first kappa shape index (κ1) is 17.6. The Labute approximate surface area is 151 Å². The van der Waals surface area contributed by atoms with Gasteiger partial charge in [0.15, 0.2) is 6.54 Å². The average Bonchev–Trinajstić information content (AvgIpc) is 3.29. The van der Waals surface area contributed by atoms with Crippen molar-refractivity contribution in [3.05, 3.63) is 52.2 Å². The molecule has 1 aromatic heterocycles. The summed E-state index contributed by atoms with van der Waals surface area (Å²) < 4.78 is 5.75. The average molecular weight is 356 g/mol. The molecule has 5 nitrogen and oxygen atoms in total. The first-order valence-electron chi connectivity index (χ1n) is 8.50. The number of thiophene rings is 1. The number of rotatable bonds is 7. The highest BCUT2D eigenvalue weighted by Crippen LogP contribution is 2.11. The molecule has 0 radical (unpaired) electrons. The Morgan fingerprint density at radius 2 is 2.20 bits per heavy atom. The highest BCUT2D eigenvalue weighted by atomic mass is 32.1. The van der Waals surface area contributed by atoms with Crippen LogP contribution in [0.4, 0.5) is 5.69 Å². The molecule has 1 aliphatic heterocycles. The van der Waals surface area contributed by atoms with Gasteiger partial charge < -0.3 is 15.0 Å². The van der Waals surface area contributed by atoms with E-state index in [1.165, 1.54) is 9.78 Å². The second kappa shape index (κ2) is 8.77. The standard InChI is InChI=1S/C19H21N3O2S/c20-11-15-5-7-16(8-6-15)21-19(23)14-22(12-17-3-1-9-24-17)13-18-4-2-10-25-18/h2,4-8,10,17H,1,3,9,12-14H2,(H,21,23)/p+1/t17-/m1/s1. The molecule has 130 valence electrons. The van der Waals surface area contributed by atoms with Crippen LogP contribution in [0.2, 0.25) is 0 Å². The van der Waals surface area contributed by atoms with Gasteiger partial charge in [-0.15, -0.1) is 11.3 Å². The van der Waals surface area contributed by atoms with Gasteiger partial charge in [-0.25, -0.2) is 0 Å². The predicted molar refractivity (Wildman–Crippen MR) is 97.5 cm³/mol. The second-order valence-corrected chi connectivity index (χ2v) is 7.29. The number of amides is 1. The van der Waals surface area contributed by atoms with Crippen LogP contribution in [0.3, 0.4) is 0 Å². The summed E-state index contributed by atoms with van der Waals surface area (Å²) in [6, 6.07) is 13.2. The molecule has 2 N–H and O–H groups in total. The molecule has 0 aliphatic carbocycles. The molecule has 2 atom stereocenters. The van der Waals surface area contributed by atoms with Crippen LogP contribution in [0.5, 0.6) is 0 Å². The number of quaternary nitrogens is 1. The lowest BCUT2D eigenvalue weighted by atomic mass is 10.2. The SMILES string of the molecule is N#Cc1ccc(NC(=O)C[NH+](Cc2cccs2)C[C@H]2CCCO2)cc1. The Kier molecular flexibility index (Phi) is 6.18. The molecule has 1 unspecified atom stereocenters. The maximum absolute atomic E-state index is 12.4. The fourth-order valence-corrected chi connectivity index (χ4v) is 3.83. The topological polar surface area (TPSA) is 66.6 Å². The summed E-state index contributed by atoms with van der Waals surface area (Å²) in [4.78, 5) is 14.9. The van der Waals surface area contributed by atoms with E-state index in [0.29, 0.717) is 12.1 Å². The maximum atomic E-state index is 12.4. The van der Waals surface area contributed by atoms with E-state index >= 15 is 0 Å². The van der Waals surface area contributed by atoms with Crippen LogP contribution < -0.4 is 10.2 Å². The van der Waals surface area contributed by atoms with Gasteiger partial charge in [0.1, 0.15) is 19.2 Å². The lowest BCUT2D eigenvalue weighted by molar-refractivity contribution is -0.908. The third kappa shape index (κ3) is 5.40. The molecule has 2 heterocycles. The van der Waals surface area contributed by atoms with Crippen molar-refractivity contribution in [1.29, 1.82) is 5.26 Å². The molecule has 25 heavy (non-hydrogen) atoms. The number of anilines is 1. The minimum absolute atomic E-state index is 0.0192. The lowest BCUT2D eigenvalue weighted by Crippen LogP contribution is -3.12. The number of nitrogens with zero attached hydrogens (tertiary/aromatic N) is 1. The molecule has 3 rings (SSSR count). The van der Waals surface area contributed by atoms with E-state index in [1.54, 1.807) is 35.6 Å². The fourth-order valence-electron chi connectivity index (χ4n) is 3.05. The van der Waals surface area contributed by atoms with Gasteiger partial charge in [-0.1, -0.05) is 6.07 Å². The number of nitriles is 1. The maximum Gasteiger partial charge on any atom is 0.279 e. The number of hydrogen-bond acceptors (Lipinski definition) is 4. The smallest absolute Gasteiger partial charge is 0.279 e. The molecule has 1 aromatic carbocycles. The zero-order chi connectivity index (χ0) is 17.5. The van der Waals surface area contributed by atoms with Crippen molar-refractivity contribution in [2.45, 2.75) is 25.5 Å². The molecule has 1 amide bonds. The van der Waals surface area contributed by atoms with Crippen LogP contribution in [-0.2, 0) is 16.1 Å². The van der Waals surface area contributed by atoms with Crippen LogP contribution in [0.1, 0.15) is 23.3 Å². The Morgan fingerprint density at radius 1 is 1.36 bits per heavy atom. The lowest BCUT2D eigenvalue weighted by Gasteiger charge is -2.21. The summed E-state index contributed by atoms with van der Waals surface area (Å²) in [5.74, 6) is -0.0192. The summed E-state index contributed by atoms with van der Waals surface area (Å²) in [6.45, 7) is 2.91. The highest BCUT2D eigenvalue weighted by molar-refractivity contribution is 7.09. The molecular formula is C19H22N3O2S+. The Balaban J connectivity index is 1.59. The Morgan fingerprint density at radius 3 is 2.84 bits per heavy atom. The molecule has 1 aliphatic rings. The van der Waals surface area contributed by atoms with Gasteiger partial charge in [0, 0.05) is 12.3 Å². The Hall–Kier alpha value is -2.20. The van der Waals surface area contributed by atoms with Gasteiger partial charge in [0.05, 0.1) is 16.5 Å². The van der Waals surface area contributed by atoms with E-state index < -0.39 is 0 Å². The van der Waals surface area contributed by atoms with Gasteiger partial charge in [-0.3, -0.25) is 4.79 Å². The van der Waals surface area contributed by atoms with Crippen LogP contribution in [0.15, 0.2) is 41.8 Å². The summed E-state index contributed by atoms with van der Waals surface area (Å²) in [5, 5.41) is 13.8. The zero-order valence-electron chi connectivity index (χ0n) is 14.0. The summed E-state index contributed by atoms with van der Waals surface area (Å²) in [7, 11) is 0. The van der Waals surface area contributed by atoms with Gasteiger partial charge in [0.2, 0.25) is 0 Å². The van der Waals surface area contributed by atoms with E-state index in [4.69, 9.17) is 10.00 Å². The largest absolute Gasteiger partial charge is 0.372 e. The third-order valence-corrected chi connectivity index (χ3v) is 5.13. The zero-order valence-corrected chi connectivity index (χ0v) is 14.8. The highest BCUT2D eigenvalue weighted by Gasteiger charge is 2.24. The number of hydrogen-bond donors (Lipinski definition) is 2. The summed E-state index contributed by atoms with van der Waals surface area (Å²) >= 11 is 1.72. The first-order valence-corrected chi connectivity index (χ1v) is 9.38. The first-order chi connectivity index (χ1) is 12.2. The summed E-state index contributed by atoms with van der Waals surface area (Å²) in [6.07, 6.45) is 2.43. The van der Waals surface area contributed by atoms with Crippen molar-refractivity contribution < 1.29 is 14.4 Å². The summed E-state index contributed by atoms with van der Waals surface area (Å²) in [5.41, 5.74) is 1.30. The van der Waals surface area contributed by atoms with Crippen LogP contribution >= 0.6 is 11.3 Å². The van der Waals surface area contributed by atoms with Crippen molar-refractivity contribution in [2.75, 3.05) is 25.0 Å². The second-order valence-electron chi connectivity index (χ2n) is 6.26. The number of nitrogens with one attached hydrogen (secondary N) is 2. The molecule has 0 spiro atoms. The van der Waals surface area contributed by atoms with Crippen LogP contribution in [0.25, 0.3) is 0 Å². The van der Waals surface area contributed by atoms with Gasteiger partial charge >= 0.3 is 0 Å². The van der Waals surface area contributed by atoms with Crippen molar-refractivity contribution in [2.24, 2.45) is 0 Å². The van der Waals surface area contributed by atoms with E-state index in [-0.39, 0.29) is 12.0 Å². The number of benzene rings is 1. The molecule has 0 bridgehead atoms. The molecule has 0 saturated carbocycles. The van der Waals surface area contributed by atoms with Gasteiger partial charge in [-0.2, -0.15) is 5.26 Å². The minimum Gasteiger partial charge on any atom is -0.372 e. The number of ether oxygens (including phenoxy) is 1. The quantitative estimate of drug-likeness (QED) is 0.795. The van der Waals surface area contributed by atoms with E-state index in [2.05, 4.69) is 22.8 Å². The van der Waals surface area contributed by atoms with Crippen molar-refractivity contribution in [1.82, 2.24) is 0 Å². The number of carbonyl (C=O) groups is 1. The van der Waals surface area contributed by atoms with Crippen molar-refractivity contribution in [3.63, 3.8) is 0 Å². The van der Waals surface area contributed by atoms with Gasteiger partial charge in [-0.05, 0) is 48.6 Å². The minimum atomic E-state index is -0.0192. The molecule has 1 saturated heterocycles. The number of carbonyl (C=O) groups excluding carboxylic acids is 1.